The summed E-state index contributed by atoms with van der Waals surface area (Å²) in [6.07, 6.45) is -1.77. The molecule has 0 spiro atoms. The van der Waals surface area contributed by atoms with Gasteiger partial charge in [0.05, 0.1) is 6.61 Å². The highest BCUT2D eigenvalue weighted by Crippen LogP contribution is 2.09. The predicted molar refractivity (Wildman–Crippen MR) is 100 cm³/mol. The van der Waals surface area contributed by atoms with Crippen molar-refractivity contribution < 1.29 is 33.4 Å². The summed E-state index contributed by atoms with van der Waals surface area (Å²) in [7, 11) is 0. The van der Waals surface area contributed by atoms with Crippen LogP contribution in [-0.4, -0.2) is 42.1 Å². The number of carbonyl (C=O) groups excluding carboxylic acids is 4. The predicted octanol–water partition coefficient (Wildman–Crippen LogP) is 2.54. The lowest BCUT2D eigenvalue weighted by molar-refractivity contribution is -0.150. The van der Waals surface area contributed by atoms with Gasteiger partial charge in [-0.15, -0.1) is 0 Å². The quantitative estimate of drug-likeness (QED) is 0.390. The molecule has 8 nitrogen and oxygen atoms in total. The van der Waals surface area contributed by atoms with Crippen molar-refractivity contribution in [2.24, 2.45) is 0 Å². The molecular formula is C20H27NO7. The van der Waals surface area contributed by atoms with Gasteiger partial charge in [0.15, 0.2) is 0 Å². The van der Waals surface area contributed by atoms with Gasteiger partial charge in [-0.25, -0.2) is 9.59 Å². The maximum absolute atomic E-state index is 12.4. The Hall–Kier alpha value is -2.90. The Morgan fingerprint density at radius 1 is 1.04 bits per heavy atom. The van der Waals surface area contributed by atoms with Crippen LogP contribution in [0.4, 0.5) is 4.79 Å². The van der Waals surface area contributed by atoms with Gasteiger partial charge in [-0.3, -0.25) is 9.59 Å². The normalized spacial score (nSPS) is 11.9. The minimum atomic E-state index is -1.28. The average molecular weight is 393 g/mol. The fourth-order valence-corrected chi connectivity index (χ4v) is 2.15. The number of benzene rings is 1. The molecule has 0 aromatic heterocycles. The van der Waals surface area contributed by atoms with Gasteiger partial charge in [-0.05, 0) is 33.3 Å². The van der Waals surface area contributed by atoms with E-state index in [4.69, 9.17) is 14.2 Å². The number of ether oxygens (including phenoxy) is 3. The van der Waals surface area contributed by atoms with Crippen LogP contribution in [-0.2, 0) is 35.2 Å². The van der Waals surface area contributed by atoms with Crippen LogP contribution < -0.4 is 5.32 Å². The highest BCUT2D eigenvalue weighted by atomic mass is 16.6. The van der Waals surface area contributed by atoms with Crippen LogP contribution >= 0.6 is 0 Å². The first kappa shape index (κ1) is 23.1. The second-order valence-corrected chi connectivity index (χ2v) is 7.02. The summed E-state index contributed by atoms with van der Waals surface area (Å²) in [5, 5.41) is 2.34. The first-order valence-electron chi connectivity index (χ1n) is 8.98. The van der Waals surface area contributed by atoms with Gasteiger partial charge in [-0.1, -0.05) is 30.3 Å². The number of Topliss-reactive ketones (excluding diaryl/α,β-unsaturated/α-hetero) is 1. The van der Waals surface area contributed by atoms with Gasteiger partial charge >= 0.3 is 18.0 Å². The lowest BCUT2D eigenvalue weighted by Crippen LogP contribution is -2.45. The summed E-state index contributed by atoms with van der Waals surface area (Å²) in [5.74, 6) is -2.05. The molecule has 0 saturated carbocycles. The maximum Gasteiger partial charge on any atom is 0.408 e. The second-order valence-electron chi connectivity index (χ2n) is 7.02. The number of esters is 2. The fraction of sp³-hybridized carbons (Fsp3) is 0.500. The topological polar surface area (TPSA) is 108 Å². The van der Waals surface area contributed by atoms with Crippen LogP contribution in [0.25, 0.3) is 0 Å². The van der Waals surface area contributed by atoms with E-state index in [1.54, 1.807) is 52.0 Å². The number of ketones is 1. The Morgan fingerprint density at radius 3 is 2.25 bits per heavy atom. The zero-order valence-electron chi connectivity index (χ0n) is 16.7. The molecule has 0 aliphatic heterocycles. The van der Waals surface area contributed by atoms with Gasteiger partial charge in [-0.2, -0.15) is 0 Å². The summed E-state index contributed by atoms with van der Waals surface area (Å²) in [6.45, 7) is 6.75. The van der Waals surface area contributed by atoms with E-state index in [9.17, 15) is 19.2 Å². The molecule has 1 atom stereocenters. The Balaban J connectivity index is 2.75. The molecule has 0 aliphatic carbocycles. The molecule has 1 N–H and O–H groups in total. The van der Waals surface area contributed by atoms with Crippen LogP contribution in [0.15, 0.2) is 30.3 Å². The molecular weight excluding hydrogens is 366 g/mol. The van der Waals surface area contributed by atoms with Gasteiger partial charge in [0.2, 0.25) is 0 Å². The molecule has 0 heterocycles. The second kappa shape index (κ2) is 11.1. The molecule has 0 aliphatic rings. The summed E-state index contributed by atoms with van der Waals surface area (Å²) >= 11 is 0. The van der Waals surface area contributed by atoms with E-state index in [-0.39, 0.29) is 13.2 Å². The highest BCUT2D eigenvalue weighted by molar-refractivity contribution is 5.98. The van der Waals surface area contributed by atoms with E-state index in [0.29, 0.717) is 0 Å². The summed E-state index contributed by atoms with van der Waals surface area (Å²) in [4.78, 5) is 48.0. The van der Waals surface area contributed by atoms with Gasteiger partial charge < -0.3 is 19.5 Å². The van der Waals surface area contributed by atoms with Gasteiger partial charge in [0.1, 0.15) is 30.5 Å². The van der Waals surface area contributed by atoms with Crippen molar-refractivity contribution in [3.63, 3.8) is 0 Å². The average Bonchev–Trinajstić information content (AvgIpc) is 2.58. The third-order valence-corrected chi connectivity index (χ3v) is 3.28. The van der Waals surface area contributed by atoms with Crippen molar-refractivity contribution in [2.75, 3.05) is 6.61 Å². The number of rotatable bonds is 9. The highest BCUT2D eigenvalue weighted by Gasteiger charge is 2.28. The minimum Gasteiger partial charge on any atom is -0.466 e. The lowest BCUT2D eigenvalue weighted by atomic mass is 10.1. The number of alkyl carbamates (subject to hydrolysis) is 1. The summed E-state index contributed by atoms with van der Waals surface area (Å²) < 4.78 is 15.0. The summed E-state index contributed by atoms with van der Waals surface area (Å²) in [6, 6.07) is 7.68. The summed E-state index contributed by atoms with van der Waals surface area (Å²) in [5.41, 5.74) is -0.0259. The van der Waals surface area contributed by atoms with Crippen LogP contribution in [0, 0.1) is 0 Å². The molecule has 1 amide bonds. The number of hydrogen-bond acceptors (Lipinski definition) is 7. The Labute approximate surface area is 164 Å². The van der Waals surface area contributed by atoms with E-state index in [0.717, 1.165) is 5.56 Å². The lowest BCUT2D eigenvalue weighted by Gasteiger charge is -2.22. The van der Waals surface area contributed by atoms with E-state index in [1.165, 1.54) is 0 Å². The molecule has 1 aromatic carbocycles. The largest absolute Gasteiger partial charge is 0.466 e. The smallest absolute Gasteiger partial charge is 0.408 e. The van der Waals surface area contributed by atoms with E-state index >= 15 is 0 Å². The molecule has 154 valence electrons. The van der Waals surface area contributed by atoms with Crippen LogP contribution in [0.5, 0.6) is 0 Å². The molecule has 0 radical (unpaired) electrons. The fourth-order valence-electron chi connectivity index (χ4n) is 2.15. The van der Waals surface area contributed by atoms with Gasteiger partial charge in [0.25, 0.3) is 0 Å². The number of carbonyl (C=O) groups is 4. The third-order valence-electron chi connectivity index (χ3n) is 3.28. The molecule has 28 heavy (non-hydrogen) atoms. The molecule has 0 fully saturated rings. The van der Waals surface area contributed by atoms with Crippen molar-refractivity contribution in [3.8, 4) is 0 Å². The SMILES string of the molecule is CCOC(=O)CC(=O)C[C@H](NC(=O)OC(C)(C)C)C(=O)OCc1ccccc1. The van der Waals surface area contributed by atoms with E-state index in [2.05, 4.69) is 5.32 Å². The van der Waals surface area contributed by atoms with E-state index in [1.807, 2.05) is 6.07 Å². The molecule has 0 bridgehead atoms. The third kappa shape index (κ3) is 9.70. The first-order valence-corrected chi connectivity index (χ1v) is 8.98. The maximum atomic E-state index is 12.4. The number of amides is 1. The standard InChI is InChI=1S/C20H27NO7/c1-5-26-17(23)12-15(22)11-16(21-19(25)28-20(2,3)4)18(24)27-13-14-9-7-6-8-10-14/h6-10,16H,5,11-13H2,1-4H3,(H,21,25)/t16-/m0/s1. The van der Waals surface area contributed by atoms with Crippen molar-refractivity contribution >= 4 is 23.8 Å². The molecule has 1 rings (SSSR count). The number of nitrogens with one attached hydrogen (secondary N) is 1. The first-order chi connectivity index (χ1) is 13.1. The molecule has 8 heteroatoms. The van der Waals surface area contributed by atoms with Crippen molar-refractivity contribution in [2.45, 2.75) is 58.8 Å². The minimum absolute atomic E-state index is 0.0156. The monoisotopic (exact) mass is 393 g/mol. The Bertz CT molecular complexity index is 680. The molecule has 0 unspecified atom stereocenters. The number of hydrogen-bond donors (Lipinski definition) is 1. The molecule has 1 aromatic rings. The van der Waals surface area contributed by atoms with E-state index < -0.39 is 48.3 Å². The van der Waals surface area contributed by atoms with Crippen molar-refractivity contribution in [1.29, 1.82) is 0 Å². The van der Waals surface area contributed by atoms with Crippen molar-refractivity contribution in [1.82, 2.24) is 5.32 Å². The molecule has 0 saturated heterocycles. The Kier molecular flexibility index (Phi) is 9.14. The van der Waals surface area contributed by atoms with Crippen LogP contribution in [0.1, 0.15) is 46.1 Å². The van der Waals surface area contributed by atoms with Crippen molar-refractivity contribution in [3.05, 3.63) is 35.9 Å². The zero-order chi connectivity index (χ0) is 21.2. The van der Waals surface area contributed by atoms with Crippen LogP contribution in [0.2, 0.25) is 0 Å². The Morgan fingerprint density at radius 2 is 1.68 bits per heavy atom. The van der Waals surface area contributed by atoms with Gasteiger partial charge in [0, 0.05) is 6.42 Å². The van der Waals surface area contributed by atoms with Crippen LogP contribution in [0.3, 0.4) is 0 Å². The zero-order valence-corrected chi connectivity index (χ0v) is 16.7.